The van der Waals surface area contributed by atoms with Crippen molar-refractivity contribution in [1.82, 2.24) is 0 Å². The smallest absolute Gasteiger partial charge is 0.387 e. The van der Waals surface area contributed by atoms with Crippen molar-refractivity contribution in [3.63, 3.8) is 0 Å². The molecule has 0 aliphatic carbocycles. The first kappa shape index (κ1) is 18.7. The van der Waals surface area contributed by atoms with Gasteiger partial charge in [0, 0.05) is 11.6 Å². The SMILES string of the molecule is C/C(=N/Nc1ccc([N+](=O)[O-])cc1[N+](=O)[O-])c1cccc(OC(F)F)c1. The van der Waals surface area contributed by atoms with E-state index in [-0.39, 0.29) is 11.4 Å². The van der Waals surface area contributed by atoms with Gasteiger partial charge in [0.15, 0.2) is 0 Å². The van der Waals surface area contributed by atoms with Crippen LogP contribution in [0.5, 0.6) is 5.75 Å². The van der Waals surface area contributed by atoms with Crippen molar-refractivity contribution in [2.24, 2.45) is 5.10 Å². The first-order chi connectivity index (χ1) is 12.3. The van der Waals surface area contributed by atoms with E-state index in [9.17, 15) is 29.0 Å². The maximum atomic E-state index is 12.3. The number of rotatable bonds is 7. The van der Waals surface area contributed by atoms with E-state index in [2.05, 4.69) is 15.3 Å². The van der Waals surface area contributed by atoms with Gasteiger partial charge in [-0.25, -0.2) is 0 Å². The van der Waals surface area contributed by atoms with Gasteiger partial charge in [0.1, 0.15) is 11.4 Å². The average Bonchev–Trinajstić information content (AvgIpc) is 2.58. The second-order valence-corrected chi connectivity index (χ2v) is 4.93. The Kier molecular flexibility index (Phi) is 5.73. The van der Waals surface area contributed by atoms with Crippen molar-refractivity contribution in [2.75, 3.05) is 5.43 Å². The molecule has 0 saturated carbocycles. The third kappa shape index (κ3) is 4.69. The number of non-ortho nitro benzene ring substituents is 1. The van der Waals surface area contributed by atoms with E-state index in [4.69, 9.17) is 0 Å². The monoisotopic (exact) mass is 366 g/mol. The molecule has 0 saturated heterocycles. The molecule has 26 heavy (non-hydrogen) atoms. The summed E-state index contributed by atoms with van der Waals surface area (Å²) in [5, 5.41) is 25.7. The highest BCUT2D eigenvalue weighted by Crippen LogP contribution is 2.29. The molecule has 136 valence electrons. The number of nitrogens with zero attached hydrogens (tertiary/aromatic N) is 3. The molecule has 1 N–H and O–H groups in total. The molecule has 0 aliphatic rings. The Balaban J connectivity index is 2.26. The molecule has 0 bridgehead atoms. The Morgan fingerprint density at radius 3 is 2.50 bits per heavy atom. The fraction of sp³-hybridized carbons (Fsp3) is 0.133. The number of hydrogen-bond donors (Lipinski definition) is 1. The van der Waals surface area contributed by atoms with Crippen LogP contribution in [0.15, 0.2) is 47.6 Å². The number of halogens is 2. The topological polar surface area (TPSA) is 120 Å². The molecule has 2 aromatic rings. The second-order valence-electron chi connectivity index (χ2n) is 4.93. The molecule has 11 heteroatoms. The maximum Gasteiger partial charge on any atom is 0.387 e. The molecule has 2 aromatic carbocycles. The Morgan fingerprint density at radius 1 is 1.15 bits per heavy atom. The largest absolute Gasteiger partial charge is 0.435 e. The second kappa shape index (κ2) is 7.96. The van der Waals surface area contributed by atoms with Crippen LogP contribution in [0, 0.1) is 20.2 Å². The lowest BCUT2D eigenvalue weighted by Crippen LogP contribution is -2.05. The third-order valence-electron chi connectivity index (χ3n) is 3.21. The molecule has 0 aromatic heterocycles. The van der Waals surface area contributed by atoms with Crippen molar-refractivity contribution < 1.29 is 23.4 Å². The van der Waals surface area contributed by atoms with Crippen LogP contribution in [0.2, 0.25) is 0 Å². The first-order valence-corrected chi connectivity index (χ1v) is 7.06. The number of ether oxygens (including phenoxy) is 1. The van der Waals surface area contributed by atoms with Crippen molar-refractivity contribution in [3.8, 4) is 5.75 Å². The van der Waals surface area contributed by atoms with Crippen LogP contribution in [0.1, 0.15) is 12.5 Å². The summed E-state index contributed by atoms with van der Waals surface area (Å²) in [4.78, 5) is 20.3. The minimum atomic E-state index is -2.97. The number of benzene rings is 2. The van der Waals surface area contributed by atoms with E-state index in [1.54, 1.807) is 13.0 Å². The van der Waals surface area contributed by atoms with E-state index in [0.29, 0.717) is 11.3 Å². The summed E-state index contributed by atoms with van der Waals surface area (Å²) in [6, 6.07) is 8.81. The number of hydrogen-bond acceptors (Lipinski definition) is 7. The number of alkyl halides is 2. The van der Waals surface area contributed by atoms with Crippen LogP contribution in [0.25, 0.3) is 0 Å². The molecule has 9 nitrogen and oxygen atoms in total. The zero-order valence-electron chi connectivity index (χ0n) is 13.3. The van der Waals surface area contributed by atoms with Crippen LogP contribution in [-0.4, -0.2) is 22.2 Å². The lowest BCUT2D eigenvalue weighted by atomic mass is 10.1. The summed E-state index contributed by atoms with van der Waals surface area (Å²) in [7, 11) is 0. The summed E-state index contributed by atoms with van der Waals surface area (Å²) in [5.74, 6) is -0.0617. The molecule has 0 aliphatic heterocycles. The Hall–Kier alpha value is -3.63. The zero-order valence-corrected chi connectivity index (χ0v) is 13.3. The first-order valence-electron chi connectivity index (χ1n) is 7.06. The minimum Gasteiger partial charge on any atom is -0.435 e. The molecular formula is C15H12F2N4O5. The van der Waals surface area contributed by atoms with Crippen molar-refractivity contribution in [3.05, 3.63) is 68.3 Å². The van der Waals surface area contributed by atoms with Crippen LogP contribution in [-0.2, 0) is 0 Å². The fourth-order valence-corrected chi connectivity index (χ4v) is 1.99. The van der Waals surface area contributed by atoms with Crippen LogP contribution in [0.4, 0.5) is 25.8 Å². The maximum absolute atomic E-state index is 12.3. The third-order valence-corrected chi connectivity index (χ3v) is 3.21. The van der Waals surface area contributed by atoms with E-state index in [1.807, 2.05) is 0 Å². The van der Waals surface area contributed by atoms with Gasteiger partial charge in [-0.2, -0.15) is 13.9 Å². The normalized spacial score (nSPS) is 11.3. The molecule has 0 spiro atoms. The van der Waals surface area contributed by atoms with Gasteiger partial charge >= 0.3 is 12.3 Å². The molecule has 0 amide bonds. The van der Waals surface area contributed by atoms with Crippen molar-refractivity contribution in [2.45, 2.75) is 13.5 Å². The standard InChI is InChI=1S/C15H12F2N4O5/c1-9(10-3-2-4-12(7-10)26-15(16)17)18-19-13-6-5-11(20(22)23)8-14(13)21(24)25/h2-8,15,19H,1H3/b18-9-. The van der Waals surface area contributed by atoms with Gasteiger partial charge in [-0.05, 0) is 25.1 Å². The van der Waals surface area contributed by atoms with Gasteiger partial charge in [-0.15, -0.1) is 0 Å². The molecule has 2 rings (SSSR count). The zero-order chi connectivity index (χ0) is 19.3. The number of nitro benzene ring substituents is 2. The Morgan fingerprint density at radius 2 is 1.88 bits per heavy atom. The number of nitrogens with one attached hydrogen (secondary N) is 1. The predicted molar refractivity (Wildman–Crippen MR) is 88.7 cm³/mol. The predicted octanol–water partition coefficient (Wildman–Crippen LogP) is 3.94. The minimum absolute atomic E-state index is 0.0556. The summed E-state index contributed by atoms with van der Waals surface area (Å²) in [6.07, 6.45) is 0. The van der Waals surface area contributed by atoms with E-state index >= 15 is 0 Å². The summed E-state index contributed by atoms with van der Waals surface area (Å²) in [6.45, 7) is -1.42. The quantitative estimate of drug-likeness (QED) is 0.450. The highest BCUT2D eigenvalue weighted by molar-refractivity contribution is 5.99. The van der Waals surface area contributed by atoms with Crippen molar-refractivity contribution in [1.29, 1.82) is 0 Å². The Labute approximate surface area is 145 Å². The van der Waals surface area contributed by atoms with Gasteiger partial charge in [0.25, 0.3) is 5.69 Å². The van der Waals surface area contributed by atoms with Gasteiger partial charge in [0.05, 0.1) is 21.6 Å². The highest BCUT2D eigenvalue weighted by Gasteiger charge is 2.19. The molecule has 0 radical (unpaired) electrons. The molecular weight excluding hydrogens is 354 g/mol. The van der Waals surface area contributed by atoms with Crippen LogP contribution < -0.4 is 10.2 Å². The molecule has 0 heterocycles. The molecule has 0 unspecified atom stereocenters. The van der Waals surface area contributed by atoms with Gasteiger partial charge in [-0.1, -0.05) is 12.1 Å². The van der Waals surface area contributed by atoms with E-state index in [0.717, 1.165) is 18.2 Å². The number of anilines is 1. The van der Waals surface area contributed by atoms with E-state index in [1.165, 1.54) is 18.2 Å². The lowest BCUT2D eigenvalue weighted by molar-refractivity contribution is -0.393. The van der Waals surface area contributed by atoms with Crippen LogP contribution >= 0.6 is 0 Å². The molecule has 0 atom stereocenters. The summed E-state index contributed by atoms with van der Waals surface area (Å²) in [5.41, 5.74) is 2.22. The van der Waals surface area contributed by atoms with Crippen LogP contribution in [0.3, 0.4) is 0 Å². The van der Waals surface area contributed by atoms with Crippen molar-refractivity contribution >= 4 is 22.8 Å². The molecule has 0 fully saturated rings. The number of nitro groups is 2. The van der Waals surface area contributed by atoms with Gasteiger partial charge in [-0.3, -0.25) is 25.7 Å². The summed E-state index contributed by atoms with van der Waals surface area (Å²) >= 11 is 0. The summed E-state index contributed by atoms with van der Waals surface area (Å²) < 4.78 is 28.8. The average molecular weight is 366 g/mol. The lowest BCUT2D eigenvalue weighted by Gasteiger charge is -2.07. The fourth-order valence-electron chi connectivity index (χ4n) is 1.99. The van der Waals surface area contributed by atoms with Gasteiger partial charge in [0.2, 0.25) is 0 Å². The van der Waals surface area contributed by atoms with Gasteiger partial charge < -0.3 is 4.74 Å². The van der Waals surface area contributed by atoms with E-state index < -0.39 is 27.8 Å². The Bertz CT molecular complexity index is 873. The number of hydrazone groups is 1. The highest BCUT2D eigenvalue weighted by atomic mass is 19.3.